The van der Waals surface area contributed by atoms with Crippen LogP contribution in [0.5, 0.6) is 5.75 Å². The van der Waals surface area contributed by atoms with Gasteiger partial charge in [0.05, 0.1) is 11.8 Å². The highest BCUT2D eigenvalue weighted by Gasteiger charge is 2.17. The summed E-state index contributed by atoms with van der Waals surface area (Å²) < 4.78 is 5.68. The standard InChI is InChI=1S/C18H30N2O/c1-14(2)21-18-10-9-16(13-17(18)19)8-6-12-20-11-5-4-7-15(20)3/h9-10,13-15H,4-8,11-12,19H2,1-3H3. The molecule has 3 heteroatoms. The Morgan fingerprint density at radius 1 is 1.33 bits per heavy atom. The normalized spacial score (nSPS) is 19.9. The lowest BCUT2D eigenvalue weighted by Crippen LogP contribution is -2.38. The molecular weight excluding hydrogens is 260 g/mol. The van der Waals surface area contributed by atoms with Crippen molar-refractivity contribution in [3.05, 3.63) is 23.8 Å². The number of anilines is 1. The number of likely N-dealkylation sites (tertiary alicyclic amines) is 1. The topological polar surface area (TPSA) is 38.5 Å². The van der Waals surface area contributed by atoms with E-state index in [0.717, 1.165) is 23.9 Å². The second kappa shape index (κ2) is 7.69. The molecule has 1 aromatic rings. The third kappa shape index (κ3) is 4.92. The molecule has 0 aromatic heterocycles. The maximum Gasteiger partial charge on any atom is 0.142 e. The van der Waals surface area contributed by atoms with E-state index in [2.05, 4.69) is 24.0 Å². The molecule has 0 saturated carbocycles. The zero-order chi connectivity index (χ0) is 15.2. The molecule has 3 nitrogen and oxygen atoms in total. The molecule has 0 bridgehead atoms. The molecule has 1 heterocycles. The summed E-state index contributed by atoms with van der Waals surface area (Å²) in [7, 11) is 0. The smallest absolute Gasteiger partial charge is 0.142 e. The first-order chi connectivity index (χ1) is 10.1. The Hall–Kier alpha value is -1.22. The van der Waals surface area contributed by atoms with Gasteiger partial charge in [0, 0.05) is 6.04 Å². The maximum absolute atomic E-state index is 6.07. The third-order valence-electron chi connectivity index (χ3n) is 4.29. The van der Waals surface area contributed by atoms with Crippen LogP contribution in [0, 0.1) is 0 Å². The van der Waals surface area contributed by atoms with Crippen molar-refractivity contribution in [2.45, 2.75) is 65.0 Å². The lowest BCUT2D eigenvalue weighted by Gasteiger charge is -2.33. The molecule has 21 heavy (non-hydrogen) atoms. The summed E-state index contributed by atoms with van der Waals surface area (Å²) in [6.45, 7) is 8.87. The molecule has 2 rings (SSSR count). The van der Waals surface area contributed by atoms with E-state index in [9.17, 15) is 0 Å². The second-order valence-electron chi connectivity index (χ2n) is 6.52. The van der Waals surface area contributed by atoms with Crippen molar-refractivity contribution in [2.24, 2.45) is 0 Å². The number of nitrogens with two attached hydrogens (primary N) is 1. The molecule has 0 aliphatic carbocycles. The third-order valence-corrected chi connectivity index (χ3v) is 4.29. The Labute approximate surface area is 129 Å². The Bertz CT molecular complexity index is 445. The highest BCUT2D eigenvalue weighted by molar-refractivity contribution is 5.54. The molecule has 1 aliphatic rings. The molecule has 1 atom stereocenters. The zero-order valence-electron chi connectivity index (χ0n) is 13.8. The van der Waals surface area contributed by atoms with Gasteiger partial charge < -0.3 is 15.4 Å². The molecule has 0 spiro atoms. The molecular formula is C18H30N2O. The van der Waals surface area contributed by atoms with Crippen LogP contribution in [0.4, 0.5) is 5.69 Å². The van der Waals surface area contributed by atoms with Crippen molar-refractivity contribution in [1.29, 1.82) is 0 Å². The van der Waals surface area contributed by atoms with E-state index >= 15 is 0 Å². The van der Waals surface area contributed by atoms with Crippen LogP contribution >= 0.6 is 0 Å². The number of nitrogen functional groups attached to an aromatic ring is 1. The van der Waals surface area contributed by atoms with Gasteiger partial charge in [-0.1, -0.05) is 12.5 Å². The summed E-state index contributed by atoms with van der Waals surface area (Å²) in [5, 5.41) is 0. The number of aryl methyl sites for hydroxylation is 1. The lowest BCUT2D eigenvalue weighted by atomic mass is 10.0. The molecule has 1 aliphatic heterocycles. The van der Waals surface area contributed by atoms with Crippen LogP contribution < -0.4 is 10.5 Å². The first-order valence-electron chi connectivity index (χ1n) is 8.35. The number of hydrogen-bond donors (Lipinski definition) is 1. The monoisotopic (exact) mass is 290 g/mol. The summed E-state index contributed by atoms with van der Waals surface area (Å²) in [5.41, 5.74) is 8.14. The van der Waals surface area contributed by atoms with Crippen LogP contribution in [0.15, 0.2) is 18.2 Å². The fourth-order valence-corrected chi connectivity index (χ4v) is 3.09. The Morgan fingerprint density at radius 2 is 2.14 bits per heavy atom. The summed E-state index contributed by atoms with van der Waals surface area (Å²) in [6.07, 6.45) is 6.57. The predicted octanol–water partition coefficient (Wildman–Crippen LogP) is 3.86. The van der Waals surface area contributed by atoms with Crippen LogP contribution in [-0.2, 0) is 6.42 Å². The number of benzene rings is 1. The summed E-state index contributed by atoms with van der Waals surface area (Å²) in [4.78, 5) is 2.63. The van der Waals surface area contributed by atoms with Gasteiger partial charge in [0.25, 0.3) is 0 Å². The Morgan fingerprint density at radius 3 is 2.81 bits per heavy atom. The fourth-order valence-electron chi connectivity index (χ4n) is 3.09. The summed E-state index contributed by atoms with van der Waals surface area (Å²) in [5.74, 6) is 0.804. The van der Waals surface area contributed by atoms with Crippen molar-refractivity contribution < 1.29 is 4.74 Å². The van der Waals surface area contributed by atoms with Crippen LogP contribution in [0.3, 0.4) is 0 Å². The minimum atomic E-state index is 0.165. The van der Waals surface area contributed by atoms with E-state index in [1.54, 1.807) is 0 Å². The number of ether oxygens (including phenoxy) is 1. The largest absolute Gasteiger partial charge is 0.489 e. The Balaban J connectivity index is 1.81. The molecule has 1 aromatic carbocycles. The van der Waals surface area contributed by atoms with Gasteiger partial charge in [-0.25, -0.2) is 0 Å². The SMILES string of the molecule is CC(C)Oc1ccc(CCCN2CCCCC2C)cc1N. The maximum atomic E-state index is 6.07. The molecule has 1 unspecified atom stereocenters. The van der Waals surface area contributed by atoms with Crippen molar-refractivity contribution >= 4 is 5.69 Å². The Kier molecular flexibility index (Phi) is 5.92. The quantitative estimate of drug-likeness (QED) is 0.808. The van der Waals surface area contributed by atoms with E-state index in [4.69, 9.17) is 10.5 Å². The van der Waals surface area contributed by atoms with E-state index in [-0.39, 0.29) is 6.10 Å². The lowest BCUT2D eigenvalue weighted by molar-refractivity contribution is 0.159. The van der Waals surface area contributed by atoms with Crippen LogP contribution in [0.25, 0.3) is 0 Å². The zero-order valence-corrected chi connectivity index (χ0v) is 13.8. The van der Waals surface area contributed by atoms with Gasteiger partial charge in [-0.2, -0.15) is 0 Å². The van der Waals surface area contributed by atoms with Crippen LogP contribution in [0.2, 0.25) is 0 Å². The van der Waals surface area contributed by atoms with Gasteiger partial charge >= 0.3 is 0 Å². The van der Waals surface area contributed by atoms with E-state index in [1.165, 1.54) is 44.3 Å². The van der Waals surface area contributed by atoms with Gasteiger partial charge in [-0.05, 0) is 77.2 Å². The van der Waals surface area contributed by atoms with Crippen molar-refractivity contribution in [3.63, 3.8) is 0 Å². The number of piperidine rings is 1. The highest BCUT2D eigenvalue weighted by Crippen LogP contribution is 2.24. The summed E-state index contributed by atoms with van der Waals surface area (Å²) in [6, 6.07) is 6.98. The number of rotatable bonds is 6. The molecule has 118 valence electrons. The molecule has 0 amide bonds. The van der Waals surface area contributed by atoms with E-state index in [1.807, 2.05) is 19.9 Å². The van der Waals surface area contributed by atoms with Crippen molar-refractivity contribution in [1.82, 2.24) is 4.90 Å². The molecule has 0 radical (unpaired) electrons. The average molecular weight is 290 g/mol. The van der Waals surface area contributed by atoms with E-state index < -0.39 is 0 Å². The van der Waals surface area contributed by atoms with Gasteiger partial charge in [-0.3, -0.25) is 0 Å². The highest BCUT2D eigenvalue weighted by atomic mass is 16.5. The van der Waals surface area contributed by atoms with Gasteiger partial charge in [-0.15, -0.1) is 0 Å². The molecule has 2 N–H and O–H groups in total. The van der Waals surface area contributed by atoms with Gasteiger partial charge in [0.15, 0.2) is 0 Å². The fraction of sp³-hybridized carbons (Fsp3) is 0.667. The predicted molar refractivity (Wildman–Crippen MR) is 89.8 cm³/mol. The number of hydrogen-bond acceptors (Lipinski definition) is 3. The van der Waals surface area contributed by atoms with Gasteiger partial charge in [0.2, 0.25) is 0 Å². The minimum Gasteiger partial charge on any atom is -0.489 e. The van der Waals surface area contributed by atoms with Crippen LogP contribution in [-0.4, -0.2) is 30.1 Å². The van der Waals surface area contributed by atoms with Gasteiger partial charge in [0.1, 0.15) is 5.75 Å². The summed E-state index contributed by atoms with van der Waals surface area (Å²) >= 11 is 0. The average Bonchev–Trinajstić information content (AvgIpc) is 2.43. The molecule has 1 fully saturated rings. The second-order valence-corrected chi connectivity index (χ2v) is 6.52. The first-order valence-corrected chi connectivity index (χ1v) is 8.35. The van der Waals surface area contributed by atoms with Crippen molar-refractivity contribution in [3.8, 4) is 5.75 Å². The van der Waals surface area contributed by atoms with E-state index in [0.29, 0.717) is 0 Å². The van der Waals surface area contributed by atoms with Crippen LogP contribution in [0.1, 0.15) is 52.0 Å². The van der Waals surface area contributed by atoms with Crippen molar-refractivity contribution in [2.75, 3.05) is 18.8 Å². The first kappa shape index (κ1) is 16.2. The molecule has 1 saturated heterocycles. The number of nitrogens with zero attached hydrogens (tertiary/aromatic N) is 1. The minimum absolute atomic E-state index is 0.165.